The molecule has 0 heterocycles. The minimum atomic E-state index is -1.87. The third-order valence-corrected chi connectivity index (χ3v) is 3.84. The molecule has 1 rings (SSSR count). The van der Waals surface area contributed by atoms with E-state index >= 15 is 0 Å². The van der Waals surface area contributed by atoms with Gasteiger partial charge in [0.15, 0.2) is 5.54 Å². The van der Waals surface area contributed by atoms with Gasteiger partial charge in [0, 0.05) is 11.1 Å². The third kappa shape index (κ3) is 5.33. The number of carboxylic acids is 1. The summed E-state index contributed by atoms with van der Waals surface area (Å²) in [6.07, 6.45) is -1.14. The number of carboxylic acid groups (broad SMARTS) is 1. The van der Waals surface area contributed by atoms with Crippen LogP contribution in [0.3, 0.4) is 0 Å². The summed E-state index contributed by atoms with van der Waals surface area (Å²) in [5.41, 5.74) is -2.80. The fourth-order valence-electron chi connectivity index (χ4n) is 1.74. The van der Waals surface area contributed by atoms with Gasteiger partial charge in [0.25, 0.3) is 5.91 Å². The smallest absolute Gasteiger partial charge is 0.332 e. The molecule has 0 radical (unpaired) electrons. The Kier molecular flexibility index (Phi) is 6.93. The third-order valence-electron chi connectivity index (χ3n) is 3.84. The number of benzene rings is 1. The summed E-state index contributed by atoms with van der Waals surface area (Å²) in [7, 11) is 0. The largest absolute Gasteiger partial charge is 0.479 e. The Balaban J connectivity index is 2.92. The molecular formula is C19H21NO6. The van der Waals surface area contributed by atoms with Crippen LogP contribution in [0.15, 0.2) is 24.3 Å². The van der Waals surface area contributed by atoms with Crippen molar-refractivity contribution in [3.8, 4) is 23.7 Å². The monoisotopic (exact) mass is 359 g/mol. The number of hydrogen-bond donors (Lipinski definition) is 5. The van der Waals surface area contributed by atoms with Crippen molar-refractivity contribution >= 4 is 11.9 Å². The summed E-state index contributed by atoms with van der Waals surface area (Å²) in [6.45, 7) is 3.36. The second kappa shape index (κ2) is 8.50. The number of aliphatic hydroxyl groups excluding tert-OH is 2. The van der Waals surface area contributed by atoms with Gasteiger partial charge in [-0.3, -0.25) is 4.79 Å². The average Bonchev–Trinajstić information content (AvgIpc) is 2.57. The van der Waals surface area contributed by atoms with E-state index in [2.05, 4.69) is 29.0 Å². The highest BCUT2D eigenvalue weighted by atomic mass is 16.4. The molecule has 0 aromatic heterocycles. The van der Waals surface area contributed by atoms with Gasteiger partial charge in [-0.15, -0.1) is 0 Å². The van der Waals surface area contributed by atoms with Crippen LogP contribution in [-0.2, 0) is 4.79 Å². The van der Waals surface area contributed by atoms with Gasteiger partial charge < -0.3 is 25.7 Å². The molecule has 1 aromatic rings. The summed E-state index contributed by atoms with van der Waals surface area (Å²) in [5, 5.41) is 39.4. The lowest BCUT2D eigenvalue weighted by molar-refractivity contribution is -0.153. The molecule has 7 heteroatoms. The second-order valence-electron chi connectivity index (χ2n) is 6.24. The topological polar surface area (TPSA) is 127 Å². The SMILES string of the molecule is CC(C)(O)[C@](C)(NC(=O)c1ccc(C#CC#CC(O)CO)cc1)C(=O)O. The molecule has 0 aliphatic carbocycles. The number of carbonyl (C=O) groups is 2. The van der Waals surface area contributed by atoms with Crippen LogP contribution in [0.2, 0.25) is 0 Å². The van der Waals surface area contributed by atoms with E-state index in [0.717, 1.165) is 0 Å². The quantitative estimate of drug-likeness (QED) is 0.461. The summed E-state index contributed by atoms with van der Waals surface area (Å²) in [6, 6.07) is 6.02. The first kappa shape index (κ1) is 21.2. The Morgan fingerprint density at radius 1 is 1.15 bits per heavy atom. The van der Waals surface area contributed by atoms with Crippen LogP contribution in [0.4, 0.5) is 0 Å². The van der Waals surface area contributed by atoms with Crippen LogP contribution in [-0.4, -0.2) is 56.2 Å². The Morgan fingerprint density at radius 3 is 2.19 bits per heavy atom. The van der Waals surface area contributed by atoms with Gasteiger partial charge in [-0.2, -0.15) is 0 Å². The fraction of sp³-hybridized carbons (Fsp3) is 0.368. The number of rotatable bonds is 5. The molecule has 0 saturated carbocycles. The van der Waals surface area contributed by atoms with Crippen molar-refractivity contribution in [2.45, 2.75) is 38.0 Å². The highest BCUT2D eigenvalue weighted by Crippen LogP contribution is 2.22. The summed E-state index contributed by atoms with van der Waals surface area (Å²) < 4.78 is 0. The molecule has 1 aromatic carbocycles. The fourth-order valence-corrected chi connectivity index (χ4v) is 1.74. The van der Waals surface area contributed by atoms with Gasteiger partial charge in [0.05, 0.1) is 12.2 Å². The first-order valence-electron chi connectivity index (χ1n) is 7.70. The number of amides is 1. The van der Waals surface area contributed by atoms with E-state index in [1.54, 1.807) is 12.1 Å². The Bertz CT molecular complexity index is 786. The summed E-state index contributed by atoms with van der Waals surface area (Å²) in [4.78, 5) is 23.8. The van der Waals surface area contributed by atoms with E-state index in [1.807, 2.05) is 0 Å². The van der Waals surface area contributed by atoms with Gasteiger partial charge in [0.1, 0.15) is 6.10 Å². The zero-order chi connectivity index (χ0) is 20.0. The van der Waals surface area contributed by atoms with Gasteiger partial charge in [0.2, 0.25) is 0 Å². The molecule has 0 aliphatic rings. The molecule has 0 bridgehead atoms. The molecule has 5 N–H and O–H groups in total. The molecule has 26 heavy (non-hydrogen) atoms. The predicted octanol–water partition coefficient (Wildman–Crippen LogP) is -0.261. The van der Waals surface area contributed by atoms with E-state index in [0.29, 0.717) is 5.56 Å². The van der Waals surface area contributed by atoms with Crippen LogP contribution in [0.5, 0.6) is 0 Å². The van der Waals surface area contributed by atoms with Crippen molar-refractivity contribution in [2.75, 3.05) is 6.61 Å². The van der Waals surface area contributed by atoms with E-state index in [4.69, 9.17) is 10.2 Å². The predicted molar refractivity (Wildman–Crippen MR) is 94.0 cm³/mol. The zero-order valence-corrected chi connectivity index (χ0v) is 14.7. The van der Waals surface area contributed by atoms with E-state index < -0.39 is 35.7 Å². The zero-order valence-electron chi connectivity index (χ0n) is 14.7. The summed E-state index contributed by atoms with van der Waals surface area (Å²) in [5.74, 6) is 7.90. The van der Waals surface area contributed by atoms with Gasteiger partial charge >= 0.3 is 5.97 Å². The molecule has 1 unspecified atom stereocenters. The van der Waals surface area contributed by atoms with Crippen LogP contribution >= 0.6 is 0 Å². The lowest BCUT2D eigenvalue weighted by Gasteiger charge is -2.37. The molecule has 0 aliphatic heterocycles. The minimum Gasteiger partial charge on any atom is -0.479 e. The van der Waals surface area contributed by atoms with Crippen molar-refractivity contribution in [3.63, 3.8) is 0 Å². The van der Waals surface area contributed by atoms with Crippen LogP contribution in [0.1, 0.15) is 36.7 Å². The van der Waals surface area contributed by atoms with Gasteiger partial charge in [-0.25, -0.2) is 4.79 Å². The van der Waals surface area contributed by atoms with Crippen molar-refractivity contribution in [3.05, 3.63) is 35.4 Å². The molecule has 7 nitrogen and oxygen atoms in total. The van der Waals surface area contributed by atoms with Crippen LogP contribution in [0.25, 0.3) is 0 Å². The van der Waals surface area contributed by atoms with Crippen LogP contribution < -0.4 is 5.32 Å². The highest BCUT2D eigenvalue weighted by Gasteiger charge is 2.48. The Hall–Kier alpha value is -2.84. The van der Waals surface area contributed by atoms with Crippen molar-refractivity contribution in [1.29, 1.82) is 0 Å². The molecule has 2 atom stereocenters. The maximum Gasteiger partial charge on any atom is 0.332 e. The molecule has 0 spiro atoms. The normalized spacial score (nSPS) is 13.9. The molecular weight excluding hydrogens is 338 g/mol. The maximum absolute atomic E-state index is 12.3. The Labute approximate surface area is 151 Å². The van der Waals surface area contributed by atoms with E-state index in [9.17, 15) is 19.8 Å². The molecule has 0 saturated heterocycles. The standard InChI is InChI=1S/C19H21NO6/c1-18(2,26)19(3,17(24)25)20-16(23)14-10-8-13(9-11-14)6-4-5-7-15(22)12-21/h8-11,15,21-22,26H,12H2,1-3H3,(H,20,23)(H,24,25)/t15?,19-/m1/s1. The van der Waals surface area contributed by atoms with Crippen molar-refractivity contribution in [2.24, 2.45) is 0 Å². The summed E-state index contributed by atoms with van der Waals surface area (Å²) >= 11 is 0. The average molecular weight is 359 g/mol. The first-order valence-corrected chi connectivity index (χ1v) is 7.70. The lowest BCUT2D eigenvalue weighted by Crippen LogP contribution is -2.64. The highest BCUT2D eigenvalue weighted by molar-refractivity contribution is 5.98. The van der Waals surface area contributed by atoms with Gasteiger partial charge in [-0.05, 0) is 56.9 Å². The Morgan fingerprint density at radius 2 is 1.73 bits per heavy atom. The first-order chi connectivity index (χ1) is 12.0. The number of aliphatic hydroxyl groups is 3. The van der Waals surface area contributed by atoms with Gasteiger partial charge in [-0.1, -0.05) is 11.8 Å². The number of aliphatic carboxylic acids is 1. The van der Waals surface area contributed by atoms with Crippen LogP contribution in [0, 0.1) is 23.7 Å². The van der Waals surface area contributed by atoms with E-state index in [-0.39, 0.29) is 5.56 Å². The second-order valence-corrected chi connectivity index (χ2v) is 6.24. The number of carbonyl (C=O) groups excluding carboxylic acids is 1. The number of hydrogen-bond acceptors (Lipinski definition) is 5. The molecule has 0 fully saturated rings. The minimum absolute atomic E-state index is 0.203. The van der Waals surface area contributed by atoms with E-state index in [1.165, 1.54) is 32.9 Å². The van der Waals surface area contributed by atoms with Crippen molar-refractivity contribution in [1.82, 2.24) is 5.32 Å². The molecule has 1 amide bonds. The van der Waals surface area contributed by atoms with Crippen molar-refractivity contribution < 1.29 is 30.0 Å². The number of nitrogens with one attached hydrogen (secondary N) is 1. The molecule has 138 valence electrons. The lowest BCUT2D eigenvalue weighted by atomic mass is 9.83. The maximum atomic E-state index is 12.3.